The fraction of sp³-hybridized carbons (Fsp3) is 0.318. The molecule has 4 rings (SSSR count). The lowest BCUT2D eigenvalue weighted by Gasteiger charge is -2.13. The maximum Gasteiger partial charge on any atom is 0.259 e. The van der Waals surface area contributed by atoms with Crippen LogP contribution in [0.15, 0.2) is 42.5 Å². The first kappa shape index (κ1) is 19.0. The van der Waals surface area contributed by atoms with Gasteiger partial charge in [0.1, 0.15) is 17.3 Å². The first-order valence-corrected chi connectivity index (χ1v) is 9.86. The number of carbonyl (C=O) groups is 1. The van der Waals surface area contributed by atoms with Gasteiger partial charge in [-0.3, -0.25) is 4.79 Å². The molecule has 2 N–H and O–H groups in total. The molecule has 1 aliphatic rings. The van der Waals surface area contributed by atoms with E-state index in [1.54, 1.807) is 6.07 Å². The number of aromatic nitrogens is 3. The summed E-state index contributed by atoms with van der Waals surface area (Å²) in [5.74, 6) is 1.92. The number of aromatic hydroxyl groups is 1. The standard InChI is InChI=1S/C22H24N4O3/c1-29-17-11-12-19(27)18(14-17)22(28)23-16-9-7-15(8-10-16)21-25-24-20-6-4-2-3-5-13-26(20)21/h7-12,14,27H,2-6,13H2,1H3,(H,23,28). The maximum absolute atomic E-state index is 12.5. The third kappa shape index (κ3) is 4.08. The summed E-state index contributed by atoms with van der Waals surface area (Å²) in [7, 11) is 1.51. The van der Waals surface area contributed by atoms with Crippen LogP contribution in [0.3, 0.4) is 0 Å². The van der Waals surface area contributed by atoms with Crippen molar-refractivity contribution in [3.63, 3.8) is 0 Å². The van der Waals surface area contributed by atoms with E-state index in [1.165, 1.54) is 32.1 Å². The van der Waals surface area contributed by atoms with Crippen LogP contribution in [0.4, 0.5) is 5.69 Å². The molecule has 3 aromatic rings. The van der Waals surface area contributed by atoms with Crippen LogP contribution in [-0.2, 0) is 13.0 Å². The molecule has 0 atom stereocenters. The number of ether oxygens (including phenoxy) is 1. The van der Waals surface area contributed by atoms with Crippen LogP contribution in [0.1, 0.15) is 41.9 Å². The number of nitrogens with zero attached hydrogens (tertiary/aromatic N) is 3. The summed E-state index contributed by atoms with van der Waals surface area (Å²) in [6.07, 6.45) is 5.74. The van der Waals surface area contributed by atoms with Gasteiger partial charge < -0.3 is 19.7 Å². The summed E-state index contributed by atoms with van der Waals surface area (Å²) in [5.41, 5.74) is 1.76. The van der Waals surface area contributed by atoms with Gasteiger partial charge in [0.25, 0.3) is 5.91 Å². The Morgan fingerprint density at radius 2 is 1.86 bits per heavy atom. The Kier molecular flexibility index (Phi) is 5.46. The minimum atomic E-state index is -0.401. The SMILES string of the molecule is COc1ccc(O)c(C(=O)Nc2ccc(-c3nnc4n3CCCCCC4)cc2)c1. The number of fused-ring (bicyclic) bond motifs is 1. The molecule has 2 aromatic carbocycles. The second-order valence-corrected chi connectivity index (χ2v) is 7.17. The molecule has 7 heteroatoms. The molecule has 0 spiro atoms. The molecule has 1 aromatic heterocycles. The van der Waals surface area contributed by atoms with E-state index in [1.807, 2.05) is 24.3 Å². The van der Waals surface area contributed by atoms with E-state index in [9.17, 15) is 9.90 Å². The minimum Gasteiger partial charge on any atom is -0.507 e. The number of phenolic OH excluding ortho intramolecular Hbond substituents is 1. The summed E-state index contributed by atoms with van der Waals surface area (Å²) in [6, 6.07) is 12.1. The van der Waals surface area contributed by atoms with Crippen LogP contribution in [0, 0.1) is 0 Å². The number of benzene rings is 2. The number of nitrogens with one attached hydrogen (secondary N) is 1. The molecule has 0 radical (unpaired) electrons. The molecule has 0 saturated heterocycles. The number of phenols is 1. The zero-order chi connectivity index (χ0) is 20.2. The van der Waals surface area contributed by atoms with Crippen LogP contribution in [0.2, 0.25) is 0 Å². The highest BCUT2D eigenvalue weighted by Gasteiger charge is 2.16. The summed E-state index contributed by atoms with van der Waals surface area (Å²) >= 11 is 0. The summed E-state index contributed by atoms with van der Waals surface area (Å²) in [4.78, 5) is 12.5. The number of carbonyl (C=O) groups excluding carboxylic acids is 1. The third-order valence-electron chi connectivity index (χ3n) is 5.21. The van der Waals surface area contributed by atoms with Gasteiger partial charge in [-0.05, 0) is 55.3 Å². The van der Waals surface area contributed by atoms with E-state index < -0.39 is 5.91 Å². The van der Waals surface area contributed by atoms with Crippen LogP contribution < -0.4 is 10.1 Å². The minimum absolute atomic E-state index is 0.0954. The molecule has 1 amide bonds. The number of aryl methyl sites for hydroxylation is 1. The average molecular weight is 392 g/mol. The molecule has 2 heterocycles. The normalized spacial score (nSPS) is 13.8. The van der Waals surface area contributed by atoms with Crippen LogP contribution >= 0.6 is 0 Å². The second-order valence-electron chi connectivity index (χ2n) is 7.17. The lowest BCUT2D eigenvalue weighted by molar-refractivity contribution is 0.102. The Balaban J connectivity index is 1.52. The second kappa shape index (κ2) is 8.34. The predicted molar refractivity (Wildman–Crippen MR) is 110 cm³/mol. The Bertz CT molecular complexity index is 1010. The van der Waals surface area contributed by atoms with Crippen molar-refractivity contribution in [1.82, 2.24) is 14.8 Å². The molecular weight excluding hydrogens is 368 g/mol. The number of rotatable bonds is 4. The fourth-order valence-electron chi connectivity index (χ4n) is 3.60. The van der Waals surface area contributed by atoms with E-state index in [4.69, 9.17) is 4.74 Å². The van der Waals surface area contributed by atoms with Crippen LogP contribution in [0.5, 0.6) is 11.5 Å². The summed E-state index contributed by atoms with van der Waals surface area (Å²) < 4.78 is 7.33. The Morgan fingerprint density at radius 1 is 1.07 bits per heavy atom. The largest absolute Gasteiger partial charge is 0.507 e. The molecule has 0 fully saturated rings. The Labute approximate surface area is 169 Å². The topological polar surface area (TPSA) is 89.3 Å². The maximum atomic E-state index is 12.5. The van der Waals surface area contributed by atoms with E-state index in [2.05, 4.69) is 20.1 Å². The van der Waals surface area contributed by atoms with Crippen molar-refractivity contribution in [2.45, 2.75) is 38.6 Å². The van der Waals surface area contributed by atoms with Crippen molar-refractivity contribution in [3.05, 3.63) is 53.9 Å². The van der Waals surface area contributed by atoms with Gasteiger partial charge in [0.05, 0.1) is 12.7 Å². The zero-order valence-corrected chi connectivity index (χ0v) is 16.4. The fourth-order valence-corrected chi connectivity index (χ4v) is 3.60. The van der Waals surface area contributed by atoms with Gasteiger partial charge in [0.15, 0.2) is 5.82 Å². The molecule has 0 aliphatic carbocycles. The van der Waals surface area contributed by atoms with Gasteiger partial charge in [0, 0.05) is 24.2 Å². The van der Waals surface area contributed by atoms with Crippen molar-refractivity contribution in [2.24, 2.45) is 0 Å². The van der Waals surface area contributed by atoms with Gasteiger partial charge in [-0.2, -0.15) is 0 Å². The molecule has 0 unspecified atom stereocenters. The monoisotopic (exact) mass is 392 g/mol. The highest BCUT2D eigenvalue weighted by Crippen LogP contribution is 2.26. The highest BCUT2D eigenvalue weighted by molar-refractivity contribution is 6.06. The van der Waals surface area contributed by atoms with E-state index >= 15 is 0 Å². The van der Waals surface area contributed by atoms with Gasteiger partial charge in [0.2, 0.25) is 0 Å². The lowest BCUT2D eigenvalue weighted by Crippen LogP contribution is -2.12. The van der Waals surface area contributed by atoms with Crippen molar-refractivity contribution >= 4 is 11.6 Å². The first-order chi connectivity index (χ1) is 14.2. The van der Waals surface area contributed by atoms with Crippen molar-refractivity contribution in [3.8, 4) is 22.9 Å². The van der Waals surface area contributed by atoms with Gasteiger partial charge >= 0.3 is 0 Å². The van der Waals surface area contributed by atoms with Crippen LogP contribution in [0.25, 0.3) is 11.4 Å². The highest BCUT2D eigenvalue weighted by atomic mass is 16.5. The third-order valence-corrected chi connectivity index (χ3v) is 5.21. The van der Waals surface area contributed by atoms with E-state index in [-0.39, 0.29) is 11.3 Å². The van der Waals surface area contributed by atoms with E-state index in [0.29, 0.717) is 11.4 Å². The van der Waals surface area contributed by atoms with Crippen molar-refractivity contribution < 1.29 is 14.6 Å². The smallest absolute Gasteiger partial charge is 0.259 e. The Hall–Kier alpha value is -3.35. The van der Waals surface area contributed by atoms with Gasteiger partial charge in [-0.25, -0.2) is 0 Å². The molecule has 29 heavy (non-hydrogen) atoms. The molecule has 0 saturated carbocycles. The molecule has 7 nitrogen and oxygen atoms in total. The average Bonchev–Trinajstić information content (AvgIpc) is 3.10. The number of hydrogen-bond donors (Lipinski definition) is 2. The number of methoxy groups -OCH3 is 1. The molecule has 150 valence electrons. The van der Waals surface area contributed by atoms with Crippen LogP contribution in [-0.4, -0.2) is 32.9 Å². The molecular formula is C22H24N4O3. The first-order valence-electron chi connectivity index (χ1n) is 9.86. The molecule has 0 bridgehead atoms. The molecule has 1 aliphatic heterocycles. The summed E-state index contributed by atoms with van der Waals surface area (Å²) in [5, 5.41) is 21.5. The summed E-state index contributed by atoms with van der Waals surface area (Å²) in [6.45, 7) is 0.936. The zero-order valence-electron chi connectivity index (χ0n) is 16.4. The number of amides is 1. The quantitative estimate of drug-likeness (QED) is 0.700. The van der Waals surface area contributed by atoms with Crippen molar-refractivity contribution in [2.75, 3.05) is 12.4 Å². The number of hydrogen-bond acceptors (Lipinski definition) is 5. The Morgan fingerprint density at radius 3 is 2.66 bits per heavy atom. The van der Waals surface area contributed by atoms with Gasteiger partial charge in [-0.15, -0.1) is 10.2 Å². The lowest BCUT2D eigenvalue weighted by atomic mass is 10.1. The van der Waals surface area contributed by atoms with Gasteiger partial charge in [-0.1, -0.05) is 12.8 Å². The van der Waals surface area contributed by atoms with Crippen molar-refractivity contribution in [1.29, 1.82) is 0 Å². The van der Waals surface area contributed by atoms with E-state index in [0.717, 1.165) is 43.0 Å². The predicted octanol–water partition coefficient (Wildman–Crippen LogP) is 4.03. The number of anilines is 1.